The number of carbonyl (C=O) groups excluding carboxylic acids is 1. The number of hydrogen-bond donors (Lipinski definition) is 1. The molecule has 0 saturated heterocycles. The van der Waals surface area contributed by atoms with Gasteiger partial charge in [-0.15, -0.1) is 0 Å². The van der Waals surface area contributed by atoms with Crippen LogP contribution in [0, 0.1) is 12.7 Å². The van der Waals surface area contributed by atoms with Gasteiger partial charge < -0.3 is 10.1 Å². The molecule has 116 valence electrons. The highest BCUT2D eigenvalue weighted by Gasteiger charge is 2.05. The topological polar surface area (TPSA) is 38.3 Å². The van der Waals surface area contributed by atoms with E-state index in [1.165, 1.54) is 12.1 Å². The van der Waals surface area contributed by atoms with E-state index in [2.05, 4.69) is 21.2 Å². The lowest BCUT2D eigenvalue weighted by atomic mass is 10.2. The summed E-state index contributed by atoms with van der Waals surface area (Å²) in [5.74, 6) is 0.0765. The molecule has 22 heavy (non-hydrogen) atoms. The number of anilines is 1. The molecule has 0 aliphatic rings. The minimum atomic E-state index is -0.333. The Morgan fingerprint density at radius 1 is 1.27 bits per heavy atom. The summed E-state index contributed by atoms with van der Waals surface area (Å²) in [6.07, 6.45) is 0.913. The van der Waals surface area contributed by atoms with Crippen molar-refractivity contribution in [2.45, 2.75) is 19.8 Å². The predicted octanol–water partition coefficient (Wildman–Crippen LogP) is 4.69. The average molecular weight is 366 g/mol. The van der Waals surface area contributed by atoms with Crippen LogP contribution in [0.25, 0.3) is 0 Å². The fourth-order valence-electron chi connectivity index (χ4n) is 1.92. The van der Waals surface area contributed by atoms with Gasteiger partial charge in [0.2, 0.25) is 5.91 Å². The molecule has 0 aliphatic heterocycles. The van der Waals surface area contributed by atoms with Gasteiger partial charge in [-0.1, -0.05) is 28.1 Å². The minimum Gasteiger partial charge on any atom is -0.493 e. The molecular formula is C17H17BrFNO2. The lowest BCUT2D eigenvalue weighted by Crippen LogP contribution is -2.13. The summed E-state index contributed by atoms with van der Waals surface area (Å²) in [7, 11) is 0. The fraction of sp³-hybridized carbons (Fsp3) is 0.235. The quantitative estimate of drug-likeness (QED) is 0.753. The Balaban J connectivity index is 1.75. The van der Waals surface area contributed by atoms with E-state index in [9.17, 15) is 9.18 Å². The third kappa shape index (κ3) is 5.15. The van der Waals surface area contributed by atoms with Crippen LogP contribution in [0.1, 0.15) is 18.4 Å². The van der Waals surface area contributed by atoms with Crippen LogP contribution >= 0.6 is 15.9 Å². The monoisotopic (exact) mass is 365 g/mol. The number of hydrogen-bond acceptors (Lipinski definition) is 2. The zero-order chi connectivity index (χ0) is 15.9. The first-order chi connectivity index (χ1) is 10.5. The molecule has 0 radical (unpaired) electrons. The van der Waals surface area contributed by atoms with Crippen LogP contribution in [-0.4, -0.2) is 12.5 Å². The first-order valence-electron chi connectivity index (χ1n) is 6.99. The van der Waals surface area contributed by atoms with Gasteiger partial charge in [0.25, 0.3) is 0 Å². The number of rotatable bonds is 6. The van der Waals surface area contributed by atoms with Gasteiger partial charge in [0, 0.05) is 22.6 Å². The van der Waals surface area contributed by atoms with Crippen molar-refractivity contribution in [3.8, 4) is 5.75 Å². The number of amides is 1. The van der Waals surface area contributed by atoms with Crippen molar-refractivity contribution in [1.29, 1.82) is 0 Å². The highest BCUT2D eigenvalue weighted by Crippen LogP contribution is 2.21. The van der Waals surface area contributed by atoms with Crippen molar-refractivity contribution in [2.24, 2.45) is 0 Å². The van der Waals surface area contributed by atoms with Crippen molar-refractivity contribution >= 4 is 27.5 Å². The number of nitrogens with one attached hydrogen (secondary N) is 1. The minimum absolute atomic E-state index is 0.0657. The van der Waals surface area contributed by atoms with Crippen LogP contribution in [0.4, 0.5) is 10.1 Å². The van der Waals surface area contributed by atoms with Gasteiger partial charge in [-0.3, -0.25) is 4.79 Å². The zero-order valence-corrected chi connectivity index (χ0v) is 13.8. The molecule has 0 fully saturated rings. The highest BCUT2D eigenvalue weighted by atomic mass is 79.9. The molecule has 0 spiro atoms. The summed E-state index contributed by atoms with van der Waals surface area (Å²) < 4.78 is 19.3. The second kappa shape index (κ2) is 7.94. The number of aryl methyl sites for hydroxylation is 1. The number of ether oxygens (including phenoxy) is 1. The van der Waals surface area contributed by atoms with Gasteiger partial charge >= 0.3 is 0 Å². The van der Waals surface area contributed by atoms with Gasteiger partial charge in [0.05, 0.1) is 6.61 Å². The molecule has 3 nitrogen and oxygen atoms in total. The maximum absolute atomic E-state index is 13.0. The van der Waals surface area contributed by atoms with E-state index in [1.807, 2.05) is 25.1 Å². The standard InChI is InChI=1S/C17H17BrFNO2/c1-12-7-8-13(18)10-16(12)20-17(21)6-3-9-22-15-5-2-4-14(19)11-15/h2,4-5,7-8,10-11H,3,6,9H2,1H3,(H,20,21). The van der Waals surface area contributed by atoms with Gasteiger partial charge in [-0.2, -0.15) is 0 Å². The highest BCUT2D eigenvalue weighted by molar-refractivity contribution is 9.10. The third-order valence-electron chi connectivity index (χ3n) is 3.09. The number of halogens is 2. The molecule has 0 heterocycles. The summed E-state index contributed by atoms with van der Waals surface area (Å²) in [6, 6.07) is 11.7. The van der Waals surface area contributed by atoms with Crippen LogP contribution < -0.4 is 10.1 Å². The molecule has 5 heteroatoms. The Morgan fingerprint density at radius 3 is 2.86 bits per heavy atom. The van der Waals surface area contributed by atoms with Gasteiger partial charge in [0.1, 0.15) is 11.6 Å². The average Bonchev–Trinajstić information content (AvgIpc) is 2.48. The van der Waals surface area contributed by atoms with Crippen LogP contribution in [0.2, 0.25) is 0 Å². The molecule has 1 amide bonds. The SMILES string of the molecule is Cc1ccc(Br)cc1NC(=O)CCCOc1cccc(F)c1. The van der Waals surface area contributed by atoms with E-state index in [0.717, 1.165) is 15.7 Å². The van der Waals surface area contributed by atoms with Crippen LogP contribution in [-0.2, 0) is 4.79 Å². The molecule has 0 aromatic heterocycles. The first-order valence-corrected chi connectivity index (χ1v) is 7.78. The molecule has 0 saturated carbocycles. The van der Waals surface area contributed by atoms with Crippen LogP contribution in [0.5, 0.6) is 5.75 Å². The smallest absolute Gasteiger partial charge is 0.224 e. The summed E-state index contributed by atoms with van der Waals surface area (Å²) in [5, 5.41) is 2.87. The molecule has 0 atom stereocenters. The molecule has 2 aromatic rings. The van der Waals surface area contributed by atoms with E-state index in [0.29, 0.717) is 25.2 Å². The van der Waals surface area contributed by atoms with Crippen molar-refractivity contribution in [2.75, 3.05) is 11.9 Å². The molecule has 0 aliphatic carbocycles. The third-order valence-corrected chi connectivity index (χ3v) is 3.58. The Kier molecular flexibility index (Phi) is 5.95. The van der Waals surface area contributed by atoms with Gasteiger partial charge in [0.15, 0.2) is 0 Å². The van der Waals surface area contributed by atoms with E-state index in [-0.39, 0.29) is 11.7 Å². The summed E-state index contributed by atoms with van der Waals surface area (Å²) in [6.45, 7) is 2.31. The molecule has 1 N–H and O–H groups in total. The van der Waals surface area contributed by atoms with Crippen molar-refractivity contribution in [3.05, 3.63) is 58.3 Å². The van der Waals surface area contributed by atoms with E-state index in [1.54, 1.807) is 12.1 Å². The summed E-state index contributed by atoms with van der Waals surface area (Å²) in [5.41, 5.74) is 1.80. The van der Waals surface area contributed by atoms with E-state index >= 15 is 0 Å². The van der Waals surface area contributed by atoms with Crippen molar-refractivity contribution in [3.63, 3.8) is 0 Å². The lowest BCUT2D eigenvalue weighted by molar-refractivity contribution is -0.116. The van der Waals surface area contributed by atoms with Crippen molar-refractivity contribution < 1.29 is 13.9 Å². The Hall–Kier alpha value is -1.88. The summed E-state index contributed by atoms with van der Waals surface area (Å²) >= 11 is 3.38. The number of carbonyl (C=O) groups is 1. The molecular weight excluding hydrogens is 349 g/mol. The molecule has 0 bridgehead atoms. The predicted molar refractivity (Wildman–Crippen MR) is 88.6 cm³/mol. The van der Waals surface area contributed by atoms with Gasteiger partial charge in [-0.05, 0) is 43.2 Å². The van der Waals surface area contributed by atoms with E-state index < -0.39 is 0 Å². The normalized spacial score (nSPS) is 10.3. The second-order valence-electron chi connectivity index (χ2n) is 4.92. The van der Waals surface area contributed by atoms with Crippen LogP contribution in [0.3, 0.4) is 0 Å². The molecule has 2 aromatic carbocycles. The van der Waals surface area contributed by atoms with E-state index in [4.69, 9.17) is 4.74 Å². The molecule has 2 rings (SSSR count). The summed E-state index contributed by atoms with van der Waals surface area (Å²) in [4.78, 5) is 11.9. The first kappa shape index (κ1) is 16.5. The lowest BCUT2D eigenvalue weighted by Gasteiger charge is -2.09. The van der Waals surface area contributed by atoms with Crippen LogP contribution in [0.15, 0.2) is 46.9 Å². The Bertz CT molecular complexity index is 661. The Morgan fingerprint density at radius 2 is 2.09 bits per heavy atom. The van der Waals surface area contributed by atoms with Gasteiger partial charge in [-0.25, -0.2) is 4.39 Å². The number of benzene rings is 2. The second-order valence-corrected chi connectivity index (χ2v) is 5.83. The molecule has 0 unspecified atom stereocenters. The Labute approximate surface area is 137 Å². The largest absolute Gasteiger partial charge is 0.493 e. The maximum atomic E-state index is 13.0. The fourth-order valence-corrected chi connectivity index (χ4v) is 2.28. The van der Waals surface area contributed by atoms with Crippen molar-refractivity contribution in [1.82, 2.24) is 0 Å². The zero-order valence-electron chi connectivity index (χ0n) is 12.2. The maximum Gasteiger partial charge on any atom is 0.224 e.